The van der Waals surface area contributed by atoms with E-state index in [1.165, 1.54) is 5.56 Å². The highest BCUT2D eigenvalue weighted by molar-refractivity contribution is 7.99. The smallest absolute Gasteiger partial charge is 0.321 e. The largest absolute Gasteiger partial charge is 0.490 e. The molecular formula is C21H25NO4S. The first-order valence-electron chi connectivity index (χ1n) is 9.21. The molecule has 0 aliphatic carbocycles. The van der Waals surface area contributed by atoms with E-state index in [0.717, 1.165) is 24.2 Å². The number of carbonyl (C=O) groups is 1. The summed E-state index contributed by atoms with van der Waals surface area (Å²) in [5, 5.41) is 12.2. The van der Waals surface area contributed by atoms with Crippen LogP contribution in [-0.4, -0.2) is 36.1 Å². The van der Waals surface area contributed by atoms with Crippen molar-refractivity contribution in [2.75, 3.05) is 19.0 Å². The number of aliphatic carboxylic acids is 1. The maximum absolute atomic E-state index is 11.1. The fourth-order valence-corrected chi connectivity index (χ4v) is 4.21. The zero-order valence-electron chi connectivity index (χ0n) is 15.4. The lowest BCUT2D eigenvalue weighted by molar-refractivity contribution is -0.138. The quantitative estimate of drug-likeness (QED) is 0.637. The Kier molecular flexibility index (Phi) is 7.01. The molecule has 0 amide bonds. The second-order valence-corrected chi connectivity index (χ2v) is 7.49. The Balaban J connectivity index is 1.59. The Labute approximate surface area is 164 Å². The number of rotatable bonds is 9. The maximum Gasteiger partial charge on any atom is 0.321 e. The van der Waals surface area contributed by atoms with E-state index in [0.29, 0.717) is 24.7 Å². The number of carboxylic acids is 1. The van der Waals surface area contributed by atoms with Gasteiger partial charge in [-0.2, -0.15) is 0 Å². The summed E-state index contributed by atoms with van der Waals surface area (Å²) in [6, 6.07) is 15.7. The van der Waals surface area contributed by atoms with Crippen molar-refractivity contribution in [1.82, 2.24) is 5.32 Å². The second-order valence-electron chi connectivity index (χ2n) is 6.35. The van der Waals surface area contributed by atoms with Gasteiger partial charge < -0.3 is 14.6 Å². The lowest BCUT2D eigenvalue weighted by Gasteiger charge is -2.16. The average Bonchev–Trinajstić information content (AvgIpc) is 3.18. The van der Waals surface area contributed by atoms with Gasteiger partial charge >= 0.3 is 5.97 Å². The van der Waals surface area contributed by atoms with Crippen LogP contribution >= 0.6 is 11.8 Å². The summed E-state index contributed by atoms with van der Waals surface area (Å²) < 4.78 is 11.7. The highest BCUT2D eigenvalue weighted by Crippen LogP contribution is 2.37. The zero-order chi connectivity index (χ0) is 19.1. The van der Waals surface area contributed by atoms with E-state index in [1.807, 2.05) is 43.3 Å². The minimum absolute atomic E-state index is 0.0440. The molecule has 0 bridgehead atoms. The molecule has 1 aliphatic rings. The SMILES string of the molecule is CCOc1cc(C2NC(C(=O)O)CS2)ccc1OCCCc1ccccc1. The Morgan fingerprint density at radius 2 is 2.00 bits per heavy atom. The van der Waals surface area contributed by atoms with E-state index in [9.17, 15) is 4.79 Å². The van der Waals surface area contributed by atoms with Gasteiger partial charge in [0.1, 0.15) is 6.04 Å². The Hall–Kier alpha value is -2.18. The van der Waals surface area contributed by atoms with E-state index < -0.39 is 12.0 Å². The zero-order valence-corrected chi connectivity index (χ0v) is 16.2. The Morgan fingerprint density at radius 1 is 1.19 bits per heavy atom. The molecule has 1 fully saturated rings. The van der Waals surface area contributed by atoms with Crippen molar-refractivity contribution in [1.29, 1.82) is 0 Å². The first kappa shape index (κ1) is 19.6. The lowest BCUT2D eigenvalue weighted by Crippen LogP contribution is -2.33. The summed E-state index contributed by atoms with van der Waals surface area (Å²) in [5.41, 5.74) is 2.31. The number of carboxylic acid groups (broad SMARTS) is 1. The van der Waals surface area contributed by atoms with Crippen LogP contribution in [-0.2, 0) is 11.2 Å². The highest BCUT2D eigenvalue weighted by Gasteiger charge is 2.30. The molecule has 2 aromatic rings. The molecule has 0 spiro atoms. The van der Waals surface area contributed by atoms with Gasteiger partial charge in [-0.25, -0.2) is 0 Å². The minimum Gasteiger partial charge on any atom is -0.490 e. The third-order valence-electron chi connectivity index (χ3n) is 4.36. The molecule has 0 aromatic heterocycles. The monoisotopic (exact) mass is 387 g/mol. The van der Waals surface area contributed by atoms with E-state index in [1.54, 1.807) is 11.8 Å². The van der Waals surface area contributed by atoms with Crippen molar-refractivity contribution in [2.45, 2.75) is 31.2 Å². The van der Waals surface area contributed by atoms with Crippen LogP contribution < -0.4 is 14.8 Å². The van der Waals surface area contributed by atoms with E-state index >= 15 is 0 Å². The fraction of sp³-hybridized carbons (Fsp3) is 0.381. The average molecular weight is 388 g/mol. The standard InChI is InChI=1S/C21H25NO4S/c1-2-25-19-13-16(20-22-17(14-27-20)21(23)24)10-11-18(19)26-12-6-9-15-7-4-3-5-8-15/h3-5,7-8,10-11,13,17,20,22H,2,6,9,12,14H2,1H3,(H,23,24). The normalized spacial score (nSPS) is 19.0. The molecular weight excluding hydrogens is 362 g/mol. The molecule has 144 valence electrons. The number of benzene rings is 2. The fourth-order valence-electron chi connectivity index (χ4n) is 2.98. The van der Waals surface area contributed by atoms with Gasteiger partial charge in [0.15, 0.2) is 11.5 Å². The molecule has 27 heavy (non-hydrogen) atoms. The first-order valence-corrected chi connectivity index (χ1v) is 10.3. The predicted octanol–water partition coefficient (Wildman–Crippen LogP) is 3.89. The van der Waals surface area contributed by atoms with Crippen molar-refractivity contribution >= 4 is 17.7 Å². The first-order chi connectivity index (χ1) is 13.2. The number of thioether (sulfide) groups is 1. The highest BCUT2D eigenvalue weighted by atomic mass is 32.2. The van der Waals surface area contributed by atoms with Gasteiger partial charge in [-0.1, -0.05) is 36.4 Å². The molecule has 0 saturated carbocycles. The van der Waals surface area contributed by atoms with Crippen LogP contribution in [0.5, 0.6) is 11.5 Å². The second kappa shape index (κ2) is 9.67. The van der Waals surface area contributed by atoms with Gasteiger partial charge in [-0.3, -0.25) is 10.1 Å². The summed E-state index contributed by atoms with van der Waals surface area (Å²) in [4.78, 5) is 11.1. The van der Waals surface area contributed by atoms with Crippen LogP contribution in [0.1, 0.15) is 29.8 Å². The summed E-state index contributed by atoms with van der Waals surface area (Å²) in [6.45, 7) is 3.10. The number of hydrogen-bond donors (Lipinski definition) is 2. The molecule has 1 saturated heterocycles. The van der Waals surface area contributed by atoms with Crippen molar-refractivity contribution in [3.63, 3.8) is 0 Å². The number of aryl methyl sites for hydroxylation is 1. The van der Waals surface area contributed by atoms with E-state index in [-0.39, 0.29) is 5.37 Å². The van der Waals surface area contributed by atoms with Crippen LogP contribution in [0.4, 0.5) is 0 Å². The number of hydrogen-bond acceptors (Lipinski definition) is 5. The summed E-state index contributed by atoms with van der Waals surface area (Å²) in [7, 11) is 0. The molecule has 5 nitrogen and oxygen atoms in total. The van der Waals surface area contributed by atoms with Crippen LogP contribution in [0, 0.1) is 0 Å². The van der Waals surface area contributed by atoms with Crippen LogP contribution in [0.25, 0.3) is 0 Å². The molecule has 3 rings (SSSR count). The van der Waals surface area contributed by atoms with Gasteiger partial charge in [0.2, 0.25) is 0 Å². The third-order valence-corrected chi connectivity index (χ3v) is 5.63. The van der Waals surface area contributed by atoms with Crippen LogP contribution in [0.3, 0.4) is 0 Å². The van der Waals surface area contributed by atoms with Crippen molar-refractivity contribution in [3.05, 3.63) is 59.7 Å². The topological polar surface area (TPSA) is 67.8 Å². The number of nitrogens with one attached hydrogen (secondary N) is 1. The Bertz CT molecular complexity index is 753. The molecule has 2 atom stereocenters. The summed E-state index contributed by atoms with van der Waals surface area (Å²) in [6.07, 6.45) is 1.90. The van der Waals surface area contributed by atoms with Crippen LogP contribution in [0.2, 0.25) is 0 Å². The molecule has 6 heteroatoms. The van der Waals surface area contributed by atoms with Crippen molar-refractivity contribution < 1.29 is 19.4 Å². The molecule has 2 unspecified atom stereocenters. The lowest BCUT2D eigenvalue weighted by atomic mass is 10.1. The van der Waals surface area contributed by atoms with Gasteiger partial charge in [-0.05, 0) is 43.0 Å². The van der Waals surface area contributed by atoms with E-state index in [4.69, 9.17) is 14.6 Å². The van der Waals surface area contributed by atoms with Crippen LogP contribution in [0.15, 0.2) is 48.5 Å². The Morgan fingerprint density at radius 3 is 2.70 bits per heavy atom. The molecule has 2 N–H and O–H groups in total. The molecule has 2 aromatic carbocycles. The third kappa shape index (κ3) is 5.40. The van der Waals surface area contributed by atoms with Gasteiger partial charge in [-0.15, -0.1) is 11.8 Å². The summed E-state index contributed by atoms with van der Waals surface area (Å²) >= 11 is 1.60. The molecule has 1 aliphatic heterocycles. The van der Waals surface area contributed by atoms with Gasteiger partial charge in [0, 0.05) is 5.75 Å². The van der Waals surface area contributed by atoms with Gasteiger partial charge in [0.05, 0.1) is 18.6 Å². The maximum atomic E-state index is 11.1. The molecule has 1 heterocycles. The minimum atomic E-state index is -0.812. The van der Waals surface area contributed by atoms with Gasteiger partial charge in [0.25, 0.3) is 0 Å². The van der Waals surface area contributed by atoms with Crippen molar-refractivity contribution in [3.8, 4) is 11.5 Å². The van der Waals surface area contributed by atoms with E-state index in [2.05, 4.69) is 17.4 Å². The summed E-state index contributed by atoms with van der Waals surface area (Å²) in [5.74, 6) is 1.18. The van der Waals surface area contributed by atoms with Crippen molar-refractivity contribution in [2.24, 2.45) is 0 Å². The predicted molar refractivity (Wildman–Crippen MR) is 108 cm³/mol. The number of ether oxygens (including phenoxy) is 2. The molecule has 0 radical (unpaired) electrons.